The summed E-state index contributed by atoms with van der Waals surface area (Å²) in [5, 5.41) is 2.62. The van der Waals surface area contributed by atoms with Crippen LogP contribution in [-0.2, 0) is 26.2 Å². The van der Waals surface area contributed by atoms with E-state index >= 15 is 0 Å². The Morgan fingerprint density at radius 1 is 0.949 bits per heavy atom. The van der Waals surface area contributed by atoms with Gasteiger partial charge in [-0.25, -0.2) is 8.42 Å². The lowest BCUT2D eigenvalue weighted by Gasteiger charge is -2.33. The molecular formula is C29H35N3O6S. The van der Waals surface area contributed by atoms with Crippen molar-refractivity contribution < 1.29 is 27.5 Å². The van der Waals surface area contributed by atoms with Gasteiger partial charge in [-0.15, -0.1) is 0 Å². The van der Waals surface area contributed by atoms with E-state index in [0.717, 1.165) is 15.4 Å². The van der Waals surface area contributed by atoms with Gasteiger partial charge in [-0.3, -0.25) is 13.9 Å². The Morgan fingerprint density at radius 3 is 2.28 bits per heavy atom. The van der Waals surface area contributed by atoms with Gasteiger partial charge in [0, 0.05) is 13.6 Å². The summed E-state index contributed by atoms with van der Waals surface area (Å²) in [6.07, 6.45) is 0.328. The van der Waals surface area contributed by atoms with Crippen molar-refractivity contribution in [3.8, 4) is 11.5 Å². The van der Waals surface area contributed by atoms with Crippen LogP contribution in [0.5, 0.6) is 11.5 Å². The predicted molar refractivity (Wildman–Crippen MR) is 150 cm³/mol. The van der Waals surface area contributed by atoms with Crippen LogP contribution >= 0.6 is 0 Å². The first-order valence-electron chi connectivity index (χ1n) is 12.5. The first-order chi connectivity index (χ1) is 18.7. The lowest BCUT2D eigenvalue weighted by atomic mass is 10.1. The molecule has 0 radical (unpaired) electrons. The number of hydrogen-bond acceptors (Lipinski definition) is 6. The van der Waals surface area contributed by atoms with Gasteiger partial charge < -0.3 is 19.7 Å². The van der Waals surface area contributed by atoms with E-state index in [0.29, 0.717) is 17.9 Å². The summed E-state index contributed by atoms with van der Waals surface area (Å²) in [4.78, 5) is 28.3. The van der Waals surface area contributed by atoms with Crippen molar-refractivity contribution in [1.29, 1.82) is 0 Å². The van der Waals surface area contributed by atoms with Crippen molar-refractivity contribution in [2.75, 3.05) is 32.1 Å². The summed E-state index contributed by atoms with van der Waals surface area (Å²) >= 11 is 0. The minimum atomic E-state index is -4.19. The molecule has 0 saturated carbocycles. The molecule has 0 fully saturated rings. The average molecular weight is 554 g/mol. The molecule has 10 heteroatoms. The van der Waals surface area contributed by atoms with Gasteiger partial charge in [0.1, 0.15) is 24.1 Å². The second-order valence-corrected chi connectivity index (χ2v) is 10.8. The summed E-state index contributed by atoms with van der Waals surface area (Å²) in [6, 6.07) is 19.4. The normalized spacial score (nSPS) is 11.8. The van der Waals surface area contributed by atoms with Crippen molar-refractivity contribution in [3.63, 3.8) is 0 Å². The highest BCUT2D eigenvalue weighted by molar-refractivity contribution is 7.92. The number of anilines is 1. The first-order valence-corrected chi connectivity index (χ1v) is 14.0. The molecule has 208 valence electrons. The molecule has 1 unspecified atom stereocenters. The third-order valence-electron chi connectivity index (χ3n) is 6.33. The molecule has 0 heterocycles. The Labute approximate surface area is 230 Å². The number of nitrogens with one attached hydrogen (secondary N) is 1. The van der Waals surface area contributed by atoms with Crippen molar-refractivity contribution in [2.24, 2.45) is 0 Å². The Bertz CT molecular complexity index is 1400. The Morgan fingerprint density at radius 2 is 1.67 bits per heavy atom. The van der Waals surface area contributed by atoms with Crippen LogP contribution < -0.4 is 19.1 Å². The fraction of sp³-hybridized carbons (Fsp3) is 0.310. The number of methoxy groups -OCH3 is 2. The van der Waals surface area contributed by atoms with Crippen LogP contribution in [0, 0.1) is 6.92 Å². The molecule has 0 aliphatic heterocycles. The van der Waals surface area contributed by atoms with Gasteiger partial charge in [-0.05, 0) is 60.9 Å². The fourth-order valence-corrected chi connectivity index (χ4v) is 5.72. The van der Waals surface area contributed by atoms with E-state index in [9.17, 15) is 18.0 Å². The van der Waals surface area contributed by atoms with Crippen LogP contribution in [0.1, 0.15) is 24.5 Å². The van der Waals surface area contributed by atoms with E-state index < -0.39 is 28.5 Å². The second kappa shape index (κ2) is 13.1. The van der Waals surface area contributed by atoms with Gasteiger partial charge in [0.2, 0.25) is 11.8 Å². The number of amides is 2. The van der Waals surface area contributed by atoms with E-state index in [-0.39, 0.29) is 23.0 Å². The molecule has 3 rings (SSSR count). The van der Waals surface area contributed by atoms with Crippen LogP contribution in [0.15, 0.2) is 77.7 Å². The summed E-state index contributed by atoms with van der Waals surface area (Å²) in [5.74, 6) is 0.00643. The van der Waals surface area contributed by atoms with Crippen molar-refractivity contribution >= 4 is 27.5 Å². The number of likely N-dealkylation sites (N-methyl/N-ethyl adjacent to an activating group) is 1. The zero-order valence-corrected chi connectivity index (χ0v) is 23.7. The molecule has 0 aliphatic carbocycles. The van der Waals surface area contributed by atoms with E-state index in [1.54, 1.807) is 68.6 Å². The zero-order valence-electron chi connectivity index (χ0n) is 22.9. The fourth-order valence-electron chi connectivity index (χ4n) is 4.28. The smallest absolute Gasteiger partial charge is 0.264 e. The highest BCUT2D eigenvalue weighted by Gasteiger charge is 2.34. The van der Waals surface area contributed by atoms with E-state index in [1.165, 1.54) is 31.2 Å². The largest absolute Gasteiger partial charge is 0.497 e. The molecule has 0 spiro atoms. The van der Waals surface area contributed by atoms with Crippen molar-refractivity contribution in [1.82, 2.24) is 10.2 Å². The Kier molecular flexibility index (Phi) is 9.95. The number of carbonyl (C=O) groups is 2. The molecule has 0 aliphatic rings. The predicted octanol–water partition coefficient (Wildman–Crippen LogP) is 3.76. The van der Waals surface area contributed by atoms with Crippen LogP contribution in [-0.4, -0.2) is 59.0 Å². The lowest BCUT2D eigenvalue weighted by molar-refractivity contribution is -0.140. The van der Waals surface area contributed by atoms with Crippen LogP contribution in [0.2, 0.25) is 0 Å². The number of sulfonamides is 1. The van der Waals surface area contributed by atoms with Crippen LogP contribution in [0.25, 0.3) is 0 Å². The maximum Gasteiger partial charge on any atom is 0.264 e. The van der Waals surface area contributed by atoms with Gasteiger partial charge in [-0.2, -0.15) is 0 Å². The van der Waals surface area contributed by atoms with Gasteiger partial charge in [-0.1, -0.05) is 43.3 Å². The molecule has 3 aromatic carbocycles. The average Bonchev–Trinajstić information content (AvgIpc) is 2.95. The SMILES string of the molecule is CCC(C(=O)NC)N(Cc1cccc(OC)c1)C(=O)CN(c1cc(C)ccc1OC)S(=O)(=O)c1ccccc1. The van der Waals surface area contributed by atoms with Crippen LogP contribution in [0.4, 0.5) is 5.69 Å². The molecule has 0 saturated heterocycles. The molecule has 39 heavy (non-hydrogen) atoms. The number of benzene rings is 3. The van der Waals surface area contributed by atoms with Crippen molar-refractivity contribution in [2.45, 2.75) is 37.8 Å². The minimum Gasteiger partial charge on any atom is -0.497 e. The number of ether oxygens (including phenoxy) is 2. The standard InChI is InChI=1S/C29H35N3O6S/c1-6-25(29(34)30-3)31(19-22-11-10-12-23(18-22)37-4)28(33)20-32(26-17-21(2)15-16-27(26)38-5)39(35,36)24-13-8-7-9-14-24/h7-18,25H,6,19-20H2,1-5H3,(H,30,34). The second-order valence-electron chi connectivity index (χ2n) is 8.91. The number of hydrogen-bond donors (Lipinski definition) is 1. The third kappa shape index (κ3) is 6.88. The molecule has 9 nitrogen and oxygen atoms in total. The van der Waals surface area contributed by atoms with Gasteiger partial charge in [0.15, 0.2) is 0 Å². The molecule has 1 atom stereocenters. The summed E-state index contributed by atoms with van der Waals surface area (Å²) in [5.41, 5.74) is 1.75. The maximum atomic E-state index is 14.0. The molecule has 0 bridgehead atoms. The van der Waals surface area contributed by atoms with Crippen molar-refractivity contribution in [3.05, 3.63) is 83.9 Å². The third-order valence-corrected chi connectivity index (χ3v) is 8.11. The number of aryl methyl sites for hydroxylation is 1. The molecule has 1 N–H and O–H groups in total. The summed E-state index contributed by atoms with van der Waals surface area (Å²) in [6.45, 7) is 3.15. The lowest BCUT2D eigenvalue weighted by Crippen LogP contribution is -2.51. The number of rotatable bonds is 12. The van der Waals surface area contributed by atoms with Gasteiger partial charge in [0.25, 0.3) is 10.0 Å². The first kappa shape index (κ1) is 29.5. The maximum absolute atomic E-state index is 14.0. The highest BCUT2D eigenvalue weighted by atomic mass is 32.2. The number of carbonyl (C=O) groups excluding carboxylic acids is 2. The minimum absolute atomic E-state index is 0.0269. The van der Waals surface area contributed by atoms with Crippen LogP contribution in [0.3, 0.4) is 0 Å². The Balaban J connectivity index is 2.12. The summed E-state index contributed by atoms with van der Waals surface area (Å²) < 4.78 is 39.7. The highest BCUT2D eigenvalue weighted by Crippen LogP contribution is 2.33. The summed E-state index contributed by atoms with van der Waals surface area (Å²) in [7, 11) is 0.301. The monoisotopic (exact) mass is 553 g/mol. The van der Waals surface area contributed by atoms with Gasteiger partial charge >= 0.3 is 0 Å². The van der Waals surface area contributed by atoms with Gasteiger partial charge in [0.05, 0.1) is 24.8 Å². The number of nitrogens with zero attached hydrogens (tertiary/aromatic N) is 2. The van der Waals surface area contributed by atoms with E-state index in [1.807, 2.05) is 13.0 Å². The quantitative estimate of drug-likeness (QED) is 0.366. The zero-order chi connectivity index (χ0) is 28.6. The molecule has 0 aromatic heterocycles. The topological polar surface area (TPSA) is 105 Å². The Hall–Kier alpha value is -4.05. The molecule has 3 aromatic rings. The van der Waals surface area contributed by atoms with E-state index in [4.69, 9.17) is 9.47 Å². The van der Waals surface area contributed by atoms with E-state index in [2.05, 4.69) is 5.32 Å². The molecular weight excluding hydrogens is 518 g/mol. The molecule has 2 amide bonds.